The van der Waals surface area contributed by atoms with Crippen LogP contribution in [0.5, 0.6) is 11.5 Å². The van der Waals surface area contributed by atoms with Gasteiger partial charge < -0.3 is 9.47 Å². The number of carbonyl (C=O) groups excluding carboxylic acids is 2. The molecule has 0 spiro atoms. The van der Waals surface area contributed by atoms with E-state index >= 15 is 0 Å². The number of hydrogen-bond donors (Lipinski definition) is 2. The van der Waals surface area contributed by atoms with Crippen LogP contribution in [0.2, 0.25) is 0 Å². The van der Waals surface area contributed by atoms with E-state index in [0.717, 1.165) is 66.2 Å². The van der Waals surface area contributed by atoms with Crippen LogP contribution in [0.15, 0.2) is 58.7 Å². The van der Waals surface area contributed by atoms with E-state index in [1.54, 1.807) is 0 Å². The summed E-state index contributed by atoms with van der Waals surface area (Å²) in [5.41, 5.74) is 7.89. The zero-order valence-electron chi connectivity index (χ0n) is 24.0. The quantitative estimate of drug-likeness (QED) is 0.307. The minimum Gasteiger partial charge on any atom is -0.494 e. The molecule has 2 unspecified atom stereocenters. The molecule has 2 N–H and O–H groups in total. The van der Waals surface area contributed by atoms with Crippen molar-refractivity contribution in [3.8, 4) is 11.5 Å². The molecule has 212 valence electrons. The zero-order valence-corrected chi connectivity index (χ0v) is 24.0. The third-order valence-corrected chi connectivity index (χ3v) is 8.84. The van der Waals surface area contributed by atoms with E-state index in [-0.39, 0.29) is 11.8 Å². The Morgan fingerprint density at radius 1 is 0.725 bits per heavy atom. The monoisotopic (exact) mass is 544 g/mol. The maximum Gasteiger partial charge on any atom is 0.246 e. The molecule has 4 saturated carbocycles. The summed E-state index contributed by atoms with van der Waals surface area (Å²) in [6, 6.07) is 15.4. The van der Waals surface area contributed by atoms with Gasteiger partial charge in [-0.25, -0.2) is 10.9 Å². The summed E-state index contributed by atoms with van der Waals surface area (Å²) in [5, 5.41) is 8.90. The normalized spacial score (nSPS) is 27.3. The average molecular weight is 545 g/mol. The summed E-state index contributed by atoms with van der Waals surface area (Å²) in [7, 11) is 0. The smallest absolute Gasteiger partial charge is 0.246 e. The first-order valence-corrected chi connectivity index (χ1v) is 14.4. The molecule has 2 amide bonds. The van der Waals surface area contributed by atoms with Crippen molar-refractivity contribution in [3.05, 3.63) is 59.7 Å². The molecule has 40 heavy (non-hydrogen) atoms. The molecular formula is C32H40N4O4. The van der Waals surface area contributed by atoms with E-state index in [1.807, 2.05) is 76.2 Å². The highest BCUT2D eigenvalue weighted by Crippen LogP contribution is 2.65. The van der Waals surface area contributed by atoms with Gasteiger partial charge in [0.05, 0.1) is 35.5 Å². The Hall–Kier alpha value is -3.68. The van der Waals surface area contributed by atoms with E-state index in [1.165, 1.54) is 0 Å². The molecule has 0 heterocycles. The second kappa shape index (κ2) is 11.4. The van der Waals surface area contributed by atoms with Gasteiger partial charge in [0.25, 0.3) is 0 Å². The second-order valence-corrected chi connectivity index (χ2v) is 11.7. The number of hydrazone groups is 2. The van der Waals surface area contributed by atoms with Gasteiger partial charge in [-0.15, -0.1) is 0 Å². The fourth-order valence-corrected chi connectivity index (χ4v) is 7.35. The SMILES string of the molecule is CCOc1ccc(/C(C)=N\NC(=O)C23CC4CC(C2)CC(C(=O)N/N=C(\C)c2ccc(OCC)cc2)(C4)C3)cc1. The van der Waals surface area contributed by atoms with Crippen molar-refractivity contribution in [2.24, 2.45) is 32.9 Å². The lowest BCUT2D eigenvalue weighted by atomic mass is 9.43. The molecule has 8 nitrogen and oxygen atoms in total. The fraction of sp³-hybridized carbons (Fsp3) is 0.500. The Morgan fingerprint density at radius 3 is 1.45 bits per heavy atom. The molecule has 4 aliphatic carbocycles. The van der Waals surface area contributed by atoms with Crippen molar-refractivity contribution in [3.63, 3.8) is 0 Å². The molecule has 4 fully saturated rings. The highest BCUT2D eigenvalue weighted by molar-refractivity contribution is 6.00. The summed E-state index contributed by atoms with van der Waals surface area (Å²) in [5.74, 6) is 2.20. The summed E-state index contributed by atoms with van der Waals surface area (Å²) < 4.78 is 11.0. The molecule has 4 aliphatic rings. The fourth-order valence-electron chi connectivity index (χ4n) is 7.35. The number of carbonyl (C=O) groups is 2. The molecule has 0 aliphatic heterocycles. The average Bonchev–Trinajstić information content (AvgIpc) is 2.94. The van der Waals surface area contributed by atoms with E-state index in [4.69, 9.17) is 9.47 Å². The lowest BCUT2D eigenvalue weighted by molar-refractivity contribution is -0.167. The van der Waals surface area contributed by atoms with E-state index in [9.17, 15) is 9.59 Å². The topological polar surface area (TPSA) is 101 Å². The van der Waals surface area contributed by atoms with Crippen LogP contribution in [-0.2, 0) is 9.59 Å². The van der Waals surface area contributed by atoms with Crippen molar-refractivity contribution in [2.75, 3.05) is 13.2 Å². The highest BCUT2D eigenvalue weighted by Gasteiger charge is 2.63. The van der Waals surface area contributed by atoms with Crippen molar-refractivity contribution < 1.29 is 19.1 Å². The molecule has 2 aromatic rings. The Kier molecular flexibility index (Phi) is 7.97. The minimum absolute atomic E-state index is 0.0712. The predicted octanol–water partition coefficient (Wildman–Crippen LogP) is 5.45. The molecule has 8 heteroatoms. The molecule has 2 aromatic carbocycles. The number of nitrogens with zero attached hydrogens (tertiary/aromatic N) is 2. The highest BCUT2D eigenvalue weighted by atomic mass is 16.5. The Morgan fingerprint density at radius 2 is 1.10 bits per heavy atom. The largest absolute Gasteiger partial charge is 0.494 e. The van der Waals surface area contributed by atoms with Crippen molar-refractivity contribution >= 4 is 23.2 Å². The first-order valence-electron chi connectivity index (χ1n) is 14.4. The van der Waals surface area contributed by atoms with Crippen LogP contribution in [0.4, 0.5) is 0 Å². The van der Waals surface area contributed by atoms with Crippen molar-refractivity contribution in [2.45, 2.75) is 66.2 Å². The molecular weight excluding hydrogens is 504 g/mol. The molecule has 4 bridgehead atoms. The van der Waals surface area contributed by atoms with Gasteiger partial charge in [0, 0.05) is 0 Å². The molecule has 0 radical (unpaired) electrons. The summed E-state index contributed by atoms with van der Waals surface area (Å²) in [6.07, 6.45) is 4.90. The van der Waals surface area contributed by atoms with Crippen LogP contribution in [0.3, 0.4) is 0 Å². The summed E-state index contributed by atoms with van der Waals surface area (Å²) in [4.78, 5) is 27.3. The predicted molar refractivity (Wildman–Crippen MR) is 155 cm³/mol. The van der Waals surface area contributed by atoms with E-state index < -0.39 is 10.8 Å². The van der Waals surface area contributed by atoms with Crippen LogP contribution in [0.25, 0.3) is 0 Å². The van der Waals surface area contributed by atoms with Gasteiger partial charge >= 0.3 is 0 Å². The Bertz CT molecular complexity index is 1190. The summed E-state index contributed by atoms with van der Waals surface area (Å²) >= 11 is 0. The maximum atomic E-state index is 13.7. The Balaban J connectivity index is 1.27. The van der Waals surface area contributed by atoms with E-state index in [2.05, 4.69) is 21.1 Å². The minimum atomic E-state index is -0.572. The first-order chi connectivity index (χ1) is 19.3. The van der Waals surface area contributed by atoms with Gasteiger partial charge in [0.15, 0.2) is 0 Å². The van der Waals surface area contributed by atoms with Crippen LogP contribution in [-0.4, -0.2) is 36.5 Å². The summed E-state index contributed by atoms with van der Waals surface area (Å²) in [6.45, 7) is 8.89. The van der Waals surface area contributed by atoms with Gasteiger partial charge in [-0.3, -0.25) is 9.59 Å². The van der Waals surface area contributed by atoms with Gasteiger partial charge in [-0.2, -0.15) is 10.2 Å². The zero-order chi connectivity index (χ0) is 28.3. The molecule has 0 aromatic heterocycles. The van der Waals surface area contributed by atoms with Crippen LogP contribution in [0, 0.1) is 22.7 Å². The van der Waals surface area contributed by atoms with Gasteiger partial charge in [-0.1, -0.05) is 0 Å². The second-order valence-electron chi connectivity index (χ2n) is 11.7. The number of benzene rings is 2. The number of amides is 2. The maximum absolute atomic E-state index is 13.7. The number of nitrogens with one attached hydrogen (secondary N) is 2. The standard InChI is InChI=1S/C32H40N4O4/c1-5-39-27-11-7-25(8-12-27)21(3)33-35-29(37)31-16-23-15-24(17-31)19-32(18-23,20-31)30(38)36-34-22(4)26-9-13-28(14-10-26)40-6-2/h7-14,23-24H,5-6,15-20H2,1-4H3,(H,35,37)(H,36,38)/b33-21-,34-22+. The lowest BCUT2D eigenvalue weighted by Crippen LogP contribution is -2.60. The first kappa shape index (κ1) is 27.9. The van der Waals surface area contributed by atoms with Gasteiger partial charge in [0.2, 0.25) is 11.8 Å². The van der Waals surface area contributed by atoms with Crippen molar-refractivity contribution in [1.29, 1.82) is 0 Å². The van der Waals surface area contributed by atoms with E-state index in [0.29, 0.717) is 31.5 Å². The van der Waals surface area contributed by atoms with Gasteiger partial charge in [-0.05, 0) is 138 Å². The van der Waals surface area contributed by atoms with Crippen molar-refractivity contribution in [1.82, 2.24) is 10.9 Å². The van der Waals surface area contributed by atoms with Crippen LogP contribution < -0.4 is 20.3 Å². The van der Waals surface area contributed by atoms with Crippen LogP contribution in [0.1, 0.15) is 77.3 Å². The third-order valence-electron chi connectivity index (χ3n) is 8.84. The number of hydrogen-bond acceptors (Lipinski definition) is 6. The number of rotatable bonds is 10. The number of ether oxygens (including phenoxy) is 2. The molecule has 6 rings (SSSR count). The Labute approximate surface area is 236 Å². The molecule has 2 atom stereocenters. The third kappa shape index (κ3) is 5.62. The molecule has 0 saturated heterocycles. The van der Waals surface area contributed by atoms with Gasteiger partial charge in [0.1, 0.15) is 11.5 Å². The lowest BCUT2D eigenvalue weighted by Gasteiger charge is -2.60. The van der Waals surface area contributed by atoms with Crippen LogP contribution >= 0.6 is 0 Å².